The number of methoxy groups -OCH3 is 2. The van der Waals surface area contributed by atoms with Gasteiger partial charge in [0.05, 0.1) is 6.04 Å². The van der Waals surface area contributed by atoms with Gasteiger partial charge in [-0.1, -0.05) is 0 Å². The molecular weight excluding hydrogens is 192 g/mol. The summed E-state index contributed by atoms with van der Waals surface area (Å²) in [4.78, 5) is 0. The van der Waals surface area contributed by atoms with Gasteiger partial charge in [-0.3, -0.25) is 0 Å². The van der Waals surface area contributed by atoms with E-state index in [1.54, 1.807) is 14.2 Å². The van der Waals surface area contributed by atoms with E-state index in [-0.39, 0.29) is 12.3 Å². The first kappa shape index (κ1) is 12.9. The van der Waals surface area contributed by atoms with Crippen molar-refractivity contribution in [1.29, 1.82) is 0 Å². The molecule has 0 aliphatic heterocycles. The molecule has 0 aromatic rings. The molecule has 0 aromatic carbocycles. The molecule has 0 bridgehead atoms. The van der Waals surface area contributed by atoms with E-state index < -0.39 is 0 Å². The number of rotatable bonds is 5. The van der Waals surface area contributed by atoms with E-state index in [0.29, 0.717) is 12.1 Å². The maximum atomic E-state index is 5.86. The Balaban J connectivity index is 2.28. The third kappa shape index (κ3) is 4.07. The van der Waals surface area contributed by atoms with Crippen molar-refractivity contribution < 1.29 is 9.47 Å². The molecule has 0 heterocycles. The van der Waals surface area contributed by atoms with Gasteiger partial charge in [0.15, 0.2) is 6.29 Å². The molecule has 1 saturated carbocycles. The second-order valence-corrected chi connectivity index (χ2v) is 4.41. The molecule has 90 valence electrons. The number of nitrogens with one attached hydrogen (secondary N) is 1. The highest BCUT2D eigenvalue weighted by molar-refractivity contribution is 4.81. The number of hydrogen-bond acceptors (Lipinski definition) is 4. The summed E-state index contributed by atoms with van der Waals surface area (Å²) in [7, 11) is 3.34. The van der Waals surface area contributed by atoms with Crippen LogP contribution in [0.5, 0.6) is 0 Å². The van der Waals surface area contributed by atoms with Crippen molar-refractivity contribution in [2.24, 2.45) is 5.73 Å². The van der Waals surface area contributed by atoms with Crippen LogP contribution in [0.2, 0.25) is 0 Å². The minimum absolute atomic E-state index is 0.166. The highest BCUT2D eigenvalue weighted by atomic mass is 16.7. The van der Waals surface area contributed by atoms with E-state index in [2.05, 4.69) is 12.2 Å². The quantitative estimate of drug-likeness (QED) is 0.669. The van der Waals surface area contributed by atoms with Crippen molar-refractivity contribution in [1.82, 2.24) is 5.32 Å². The monoisotopic (exact) mass is 216 g/mol. The lowest BCUT2D eigenvalue weighted by Crippen LogP contribution is -2.47. The maximum Gasteiger partial charge on any atom is 0.171 e. The lowest BCUT2D eigenvalue weighted by atomic mass is 9.91. The Morgan fingerprint density at radius 2 is 1.67 bits per heavy atom. The van der Waals surface area contributed by atoms with Crippen LogP contribution in [0.25, 0.3) is 0 Å². The molecule has 0 amide bonds. The van der Waals surface area contributed by atoms with Crippen LogP contribution in [0.15, 0.2) is 0 Å². The SMILES string of the molecule is COC(OC)C(C)NC1CCC(N)CC1. The molecule has 1 rings (SSSR count). The molecule has 1 aliphatic rings. The van der Waals surface area contributed by atoms with E-state index in [4.69, 9.17) is 15.2 Å². The van der Waals surface area contributed by atoms with Gasteiger partial charge in [0, 0.05) is 26.3 Å². The van der Waals surface area contributed by atoms with Crippen LogP contribution in [0.1, 0.15) is 32.6 Å². The summed E-state index contributed by atoms with van der Waals surface area (Å²) in [6, 6.07) is 1.19. The van der Waals surface area contributed by atoms with Gasteiger partial charge in [0.2, 0.25) is 0 Å². The van der Waals surface area contributed by atoms with Crippen LogP contribution in [-0.4, -0.2) is 38.6 Å². The van der Waals surface area contributed by atoms with Gasteiger partial charge in [0.25, 0.3) is 0 Å². The average molecular weight is 216 g/mol. The standard InChI is InChI=1S/C11H24N2O2/c1-8(11(14-2)15-3)13-10-6-4-9(12)5-7-10/h8-11,13H,4-7,12H2,1-3H3. The third-order valence-corrected chi connectivity index (χ3v) is 3.14. The van der Waals surface area contributed by atoms with Crippen LogP contribution in [0, 0.1) is 0 Å². The summed E-state index contributed by atoms with van der Waals surface area (Å²) in [5.41, 5.74) is 5.86. The predicted octanol–water partition coefficient (Wildman–Crippen LogP) is 0.853. The minimum Gasteiger partial charge on any atom is -0.354 e. The van der Waals surface area contributed by atoms with Crippen LogP contribution >= 0.6 is 0 Å². The van der Waals surface area contributed by atoms with E-state index in [1.807, 2.05) is 0 Å². The minimum atomic E-state index is -0.166. The summed E-state index contributed by atoms with van der Waals surface area (Å²) >= 11 is 0. The number of hydrogen-bond donors (Lipinski definition) is 2. The first-order valence-electron chi connectivity index (χ1n) is 5.74. The van der Waals surface area contributed by atoms with E-state index >= 15 is 0 Å². The second kappa shape index (κ2) is 6.43. The summed E-state index contributed by atoms with van der Waals surface area (Å²) in [5, 5.41) is 3.54. The Bertz CT molecular complexity index is 166. The highest BCUT2D eigenvalue weighted by Gasteiger charge is 2.23. The van der Waals surface area contributed by atoms with Crippen LogP contribution < -0.4 is 11.1 Å². The van der Waals surface area contributed by atoms with E-state index in [9.17, 15) is 0 Å². The Kier molecular flexibility index (Phi) is 5.53. The van der Waals surface area contributed by atoms with Crippen molar-refractivity contribution in [2.75, 3.05) is 14.2 Å². The van der Waals surface area contributed by atoms with Crippen molar-refractivity contribution in [3.05, 3.63) is 0 Å². The van der Waals surface area contributed by atoms with Gasteiger partial charge in [-0.25, -0.2) is 0 Å². The van der Waals surface area contributed by atoms with Gasteiger partial charge in [-0.2, -0.15) is 0 Å². The molecule has 1 aliphatic carbocycles. The Morgan fingerprint density at radius 1 is 1.13 bits per heavy atom. The molecule has 0 saturated heterocycles. The molecular formula is C11H24N2O2. The van der Waals surface area contributed by atoms with E-state index in [0.717, 1.165) is 25.7 Å². The zero-order valence-electron chi connectivity index (χ0n) is 10.0. The largest absolute Gasteiger partial charge is 0.354 e. The third-order valence-electron chi connectivity index (χ3n) is 3.14. The highest BCUT2D eigenvalue weighted by Crippen LogP contribution is 2.18. The smallest absolute Gasteiger partial charge is 0.171 e. The topological polar surface area (TPSA) is 56.5 Å². The van der Waals surface area contributed by atoms with Gasteiger partial charge in [0.1, 0.15) is 0 Å². The number of nitrogens with two attached hydrogens (primary N) is 1. The molecule has 4 heteroatoms. The van der Waals surface area contributed by atoms with Crippen molar-refractivity contribution in [2.45, 2.75) is 57.0 Å². The Labute approximate surface area is 92.5 Å². The molecule has 4 nitrogen and oxygen atoms in total. The Morgan fingerprint density at radius 3 is 2.13 bits per heavy atom. The van der Waals surface area contributed by atoms with Gasteiger partial charge >= 0.3 is 0 Å². The van der Waals surface area contributed by atoms with Crippen LogP contribution in [0.3, 0.4) is 0 Å². The van der Waals surface area contributed by atoms with Gasteiger partial charge < -0.3 is 20.5 Å². The molecule has 0 aromatic heterocycles. The van der Waals surface area contributed by atoms with Crippen molar-refractivity contribution in [3.8, 4) is 0 Å². The van der Waals surface area contributed by atoms with Gasteiger partial charge in [-0.05, 0) is 32.6 Å². The summed E-state index contributed by atoms with van der Waals surface area (Å²) < 4.78 is 10.4. The fourth-order valence-electron chi connectivity index (χ4n) is 2.24. The Hall–Kier alpha value is -0.160. The normalized spacial score (nSPS) is 29.4. The molecule has 1 fully saturated rings. The van der Waals surface area contributed by atoms with Crippen LogP contribution in [0.4, 0.5) is 0 Å². The van der Waals surface area contributed by atoms with Crippen molar-refractivity contribution >= 4 is 0 Å². The fraction of sp³-hybridized carbons (Fsp3) is 1.00. The molecule has 1 unspecified atom stereocenters. The summed E-state index contributed by atoms with van der Waals surface area (Å²) in [6.07, 6.45) is 4.39. The first-order valence-corrected chi connectivity index (χ1v) is 5.74. The van der Waals surface area contributed by atoms with E-state index in [1.165, 1.54) is 0 Å². The molecule has 3 N–H and O–H groups in total. The van der Waals surface area contributed by atoms with Gasteiger partial charge in [-0.15, -0.1) is 0 Å². The lowest BCUT2D eigenvalue weighted by Gasteiger charge is -2.31. The zero-order chi connectivity index (χ0) is 11.3. The predicted molar refractivity (Wildman–Crippen MR) is 60.6 cm³/mol. The van der Waals surface area contributed by atoms with Crippen molar-refractivity contribution in [3.63, 3.8) is 0 Å². The molecule has 0 radical (unpaired) electrons. The fourth-order valence-corrected chi connectivity index (χ4v) is 2.24. The second-order valence-electron chi connectivity index (χ2n) is 4.41. The van der Waals surface area contributed by atoms with Crippen LogP contribution in [-0.2, 0) is 9.47 Å². The summed E-state index contributed by atoms with van der Waals surface area (Å²) in [5.74, 6) is 0. The average Bonchev–Trinajstić information content (AvgIpc) is 2.23. The first-order chi connectivity index (χ1) is 7.17. The molecule has 1 atom stereocenters. The lowest BCUT2D eigenvalue weighted by molar-refractivity contribution is -0.121. The number of ether oxygens (including phenoxy) is 2. The molecule has 15 heavy (non-hydrogen) atoms. The summed E-state index contributed by atoms with van der Waals surface area (Å²) in [6.45, 7) is 2.09. The maximum absolute atomic E-state index is 5.86. The molecule has 0 spiro atoms. The zero-order valence-corrected chi connectivity index (χ0v) is 10.0.